The zero-order chi connectivity index (χ0) is 28.6. The third kappa shape index (κ3) is 6.73. The normalized spacial score (nSPS) is 13.0. The quantitative estimate of drug-likeness (QED) is 0.237. The largest absolute Gasteiger partial charge is 0.454 e. The molecule has 1 unspecified atom stereocenters. The summed E-state index contributed by atoms with van der Waals surface area (Å²) in [6, 6.07) is 27.9. The van der Waals surface area contributed by atoms with E-state index in [1.807, 2.05) is 72.8 Å². The van der Waals surface area contributed by atoms with E-state index in [-0.39, 0.29) is 24.1 Å². The van der Waals surface area contributed by atoms with E-state index in [9.17, 15) is 14.4 Å². The van der Waals surface area contributed by atoms with Crippen molar-refractivity contribution in [2.75, 3.05) is 24.5 Å². The van der Waals surface area contributed by atoms with Crippen LogP contribution in [0.25, 0.3) is 10.8 Å². The molecule has 8 nitrogen and oxygen atoms in total. The third-order valence-corrected chi connectivity index (χ3v) is 7.11. The van der Waals surface area contributed by atoms with Gasteiger partial charge in [-0.25, -0.2) is 0 Å². The Bertz CT molecular complexity index is 1550. The highest BCUT2D eigenvalue weighted by Gasteiger charge is 2.28. The van der Waals surface area contributed by atoms with Crippen LogP contribution in [-0.4, -0.2) is 43.4 Å². The smallest absolute Gasteiger partial charge is 0.262 e. The van der Waals surface area contributed by atoms with E-state index in [0.717, 1.165) is 16.3 Å². The maximum Gasteiger partial charge on any atom is 0.262 e. The molecule has 0 spiro atoms. The van der Waals surface area contributed by atoms with E-state index in [1.165, 1.54) is 0 Å². The summed E-state index contributed by atoms with van der Waals surface area (Å²) in [5.41, 5.74) is 7.66. The molecule has 4 N–H and O–H groups in total. The van der Waals surface area contributed by atoms with Crippen molar-refractivity contribution >= 4 is 34.2 Å². The average Bonchev–Trinajstić information content (AvgIpc) is 3.11. The molecule has 41 heavy (non-hydrogen) atoms. The van der Waals surface area contributed by atoms with Crippen molar-refractivity contribution in [1.82, 2.24) is 10.6 Å². The highest BCUT2D eigenvalue weighted by Crippen LogP contribution is 2.38. The number of ether oxygens (including phenoxy) is 1. The highest BCUT2D eigenvalue weighted by molar-refractivity contribution is 6.09. The van der Waals surface area contributed by atoms with Gasteiger partial charge in [-0.1, -0.05) is 66.7 Å². The van der Waals surface area contributed by atoms with Gasteiger partial charge in [-0.05, 0) is 60.0 Å². The van der Waals surface area contributed by atoms with Gasteiger partial charge >= 0.3 is 0 Å². The Hall–Kier alpha value is -4.69. The maximum atomic E-state index is 13.4. The zero-order valence-electron chi connectivity index (χ0n) is 22.8. The Labute approximate surface area is 239 Å². The Balaban J connectivity index is 1.26. The molecule has 0 saturated heterocycles. The van der Waals surface area contributed by atoms with Crippen LogP contribution < -0.4 is 26.0 Å². The van der Waals surface area contributed by atoms with Crippen LogP contribution in [0.1, 0.15) is 35.2 Å². The van der Waals surface area contributed by atoms with Crippen molar-refractivity contribution in [3.8, 4) is 11.5 Å². The lowest BCUT2D eigenvalue weighted by Crippen LogP contribution is -2.48. The van der Waals surface area contributed by atoms with Crippen LogP contribution in [0.4, 0.5) is 5.69 Å². The molecule has 0 radical (unpaired) electrons. The summed E-state index contributed by atoms with van der Waals surface area (Å²) in [5.74, 6) is 0.406. The first-order chi connectivity index (χ1) is 20.0. The summed E-state index contributed by atoms with van der Waals surface area (Å²) in [6.07, 6.45) is 1.57. The predicted octanol–water partition coefficient (Wildman–Crippen LogP) is 4.57. The van der Waals surface area contributed by atoms with Gasteiger partial charge in [0, 0.05) is 25.9 Å². The number of benzene rings is 4. The van der Waals surface area contributed by atoms with Crippen molar-refractivity contribution in [2.45, 2.75) is 31.7 Å². The van der Waals surface area contributed by atoms with Crippen LogP contribution in [0, 0.1) is 0 Å². The molecule has 4 aromatic carbocycles. The lowest BCUT2D eigenvalue weighted by atomic mass is 10.0. The molecule has 1 heterocycles. The number of carbonyl (C=O) groups is 3. The molecule has 1 atom stereocenters. The number of nitrogens with two attached hydrogens (primary N) is 1. The third-order valence-electron chi connectivity index (χ3n) is 7.11. The number of anilines is 1. The summed E-state index contributed by atoms with van der Waals surface area (Å²) in [6.45, 7) is 1.23. The second-order valence-corrected chi connectivity index (χ2v) is 10.1. The molecule has 210 valence electrons. The number of hydrogen-bond donors (Lipinski definition) is 3. The molecule has 0 bridgehead atoms. The number of nitrogens with one attached hydrogen (secondary N) is 2. The number of amides is 3. The van der Waals surface area contributed by atoms with E-state index in [0.29, 0.717) is 61.6 Å². The molecule has 0 aliphatic carbocycles. The van der Waals surface area contributed by atoms with Gasteiger partial charge in [0.2, 0.25) is 11.8 Å². The van der Waals surface area contributed by atoms with Crippen LogP contribution in [0.5, 0.6) is 11.5 Å². The monoisotopic (exact) mass is 550 g/mol. The molecule has 0 saturated carbocycles. The summed E-state index contributed by atoms with van der Waals surface area (Å²) in [4.78, 5) is 41.2. The highest BCUT2D eigenvalue weighted by atomic mass is 16.5. The molecule has 1 aliphatic rings. The molecule has 5 rings (SSSR count). The van der Waals surface area contributed by atoms with Crippen molar-refractivity contribution in [3.05, 3.63) is 102 Å². The fraction of sp³-hybridized carbons (Fsp3) is 0.242. The molecular weight excluding hydrogens is 516 g/mol. The Kier molecular flexibility index (Phi) is 8.91. The van der Waals surface area contributed by atoms with Crippen LogP contribution in [0.3, 0.4) is 0 Å². The number of rotatable bonds is 11. The van der Waals surface area contributed by atoms with E-state index < -0.39 is 6.04 Å². The molecule has 0 aromatic heterocycles. The summed E-state index contributed by atoms with van der Waals surface area (Å²) in [7, 11) is 0. The first-order valence-electron chi connectivity index (χ1n) is 14.0. The minimum absolute atomic E-state index is 0.152. The van der Waals surface area contributed by atoms with E-state index in [4.69, 9.17) is 10.5 Å². The number of fused-ring (bicyclic) bond motifs is 3. The van der Waals surface area contributed by atoms with Gasteiger partial charge in [0.1, 0.15) is 11.8 Å². The van der Waals surface area contributed by atoms with E-state index in [1.54, 1.807) is 23.1 Å². The topological polar surface area (TPSA) is 114 Å². The number of nitrogens with zero attached hydrogens (tertiary/aromatic N) is 1. The van der Waals surface area contributed by atoms with Crippen molar-refractivity contribution in [3.63, 3.8) is 0 Å². The number of hydrogen-bond acceptors (Lipinski definition) is 5. The van der Waals surface area contributed by atoms with Gasteiger partial charge in [0.25, 0.3) is 5.91 Å². The van der Waals surface area contributed by atoms with Crippen molar-refractivity contribution in [2.24, 2.45) is 5.73 Å². The van der Waals surface area contributed by atoms with Gasteiger partial charge in [-0.3, -0.25) is 14.4 Å². The Morgan fingerprint density at radius 3 is 2.41 bits per heavy atom. The fourth-order valence-corrected chi connectivity index (χ4v) is 5.01. The van der Waals surface area contributed by atoms with Gasteiger partial charge < -0.3 is 26.0 Å². The van der Waals surface area contributed by atoms with Gasteiger partial charge in [0.15, 0.2) is 5.75 Å². The average molecular weight is 551 g/mol. The van der Waals surface area contributed by atoms with Crippen molar-refractivity contribution < 1.29 is 19.1 Å². The minimum Gasteiger partial charge on any atom is -0.454 e. The van der Waals surface area contributed by atoms with Crippen LogP contribution in [0.2, 0.25) is 0 Å². The first-order valence-corrected chi connectivity index (χ1v) is 14.0. The Morgan fingerprint density at radius 2 is 1.59 bits per heavy atom. The molecule has 3 amide bonds. The number of para-hydroxylation sites is 3. The van der Waals surface area contributed by atoms with E-state index >= 15 is 0 Å². The summed E-state index contributed by atoms with van der Waals surface area (Å²) < 4.78 is 6.04. The number of carbonyl (C=O) groups excluding carboxylic acids is 3. The lowest BCUT2D eigenvalue weighted by molar-refractivity contribution is -0.129. The molecular formula is C33H34N4O4. The van der Waals surface area contributed by atoms with Gasteiger partial charge in [-0.15, -0.1) is 0 Å². The molecule has 0 fully saturated rings. The first kappa shape index (κ1) is 27.9. The van der Waals surface area contributed by atoms with E-state index in [2.05, 4.69) is 10.6 Å². The van der Waals surface area contributed by atoms with Crippen LogP contribution >= 0.6 is 0 Å². The van der Waals surface area contributed by atoms with Gasteiger partial charge in [-0.2, -0.15) is 0 Å². The van der Waals surface area contributed by atoms with Crippen molar-refractivity contribution in [1.29, 1.82) is 0 Å². The standard InChI is InChI=1S/C33H34N4O4/c34-18-8-19-35-32(39)27(22-23-16-17-24-9-1-2-10-25(24)21-23)36-31(38)15-7-20-37-28-12-4-6-14-30(28)41-29-13-5-3-11-26(29)33(37)40/h1-6,9-14,16-17,21,27H,7-8,15,18-20,22,34H2,(H,35,39)(H,36,38). The van der Waals surface area contributed by atoms with Crippen LogP contribution in [-0.2, 0) is 16.0 Å². The molecule has 8 heteroatoms. The predicted molar refractivity (Wildman–Crippen MR) is 160 cm³/mol. The molecule has 1 aliphatic heterocycles. The molecule has 4 aromatic rings. The fourth-order valence-electron chi connectivity index (χ4n) is 5.01. The minimum atomic E-state index is -0.734. The summed E-state index contributed by atoms with van der Waals surface area (Å²) in [5, 5.41) is 8.00. The maximum absolute atomic E-state index is 13.4. The Morgan fingerprint density at radius 1 is 0.854 bits per heavy atom. The second kappa shape index (κ2) is 13.1. The van der Waals surface area contributed by atoms with Gasteiger partial charge in [0.05, 0.1) is 11.3 Å². The summed E-state index contributed by atoms with van der Waals surface area (Å²) >= 11 is 0. The zero-order valence-corrected chi connectivity index (χ0v) is 22.8. The second-order valence-electron chi connectivity index (χ2n) is 10.1. The SMILES string of the molecule is NCCCNC(=O)C(Cc1ccc2ccccc2c1)NC(=O)CCCN1C(=O)c2ccccc2Oc2ccccc21. The van der Waals surface area contributed by atoms with Crippen LogP contribution in [0.15, 0.2) is 91.0 Å². The lowest BCUT2D eigenvalue weighted by Gasteiger charge is -2.22.